The summed E-state index contributed by atoms with van der Waals surface area (Å²) in [5.74, 6) is -1.32. The van der Waals surface area contributed by atoms with Crippen molar-refractivity contribution >= 4 is 28.2 Å². The minimum absolute atomic E-state index is 0.110. The predicted octanol–water partition coefficient (Wildman–Crippen LogP) is 2.42. The van der Waals surface area contributed by atoms with Gasteiger partial charge in [0.1, 0.15) is 5.84 Å². The number of nitrogens with one attached hydrogen (secondary N) is 1. The van der Waals surface area contributed by atoms with Gasteiger partial charge in [-0.25, -0.2) is 9.20 Å². The first-order valence-electron chi connectivity index (χ1n) is 10.9. The summed E-state index contributed by atoms with van der Waals surface area (Å²) in [7, 11) is -3.16. The number of carbonyl (C=O) groups excluding carboxylic acids is 1. The van der Waals surface area contributed by atoms with Gasteiger partial charge in [-0.2, -0.15) is 18.4 Å². The molecule has 4 atom stereocenters. The molecule has 184 valence electrons. The van der Waals surface area contributed by atoms with Crippen LogP contribution in [0, 0.1) is 17.2 Å². The number of amides is 1. The molecule has 0 bridgehead atoms. The average molecular weight is 497 g/mol. The molecular weight excluding hydrogens is 469 g/mol. The summed E-state index contributed by atoms with van der Waals surface area (Å²) < 4.78 is 49.2. The Morgan fingerprint density at radius 3 is 2.41 bits per heavy atom. The van der Waals surface area contributed by atoms with Gasteiger partial charge in [-0.3, -0.25) is 4.79 Å². The van der Waals surface area contributed by atoms with Gasteiger partial charge in [0, 0.05) is 23.2 Å². The number of hydrogen-bond donors (Lipinski definition) is 3. The van der Waals surface area contributed by atoms with Gasteiger partial charge in [0.05, 0.1) is 23.2 Å². The van der Waals surface area contributed by atoms with Gasteiger partial charge >= 0.3 is 5.51 Å². The molecule has 8 nitrogen and oxygen atoms in total. The van der Waals surface area contributed by atoms with Gasteiger partial charge in [0.15, 0.2) is 10.8 Å². The van der Waals surface area contributed by atoms with E-state index in [0.717, 1.165) is 44.5 Å². The molecule has 1 aromatic carbocycles. The molecule has 12 heteroatoms. The van der Waals surface area contributed by atoms with E-state index in [9.17, 15) is 27.4 Å². The van der Waals surface area contributed by atoms with Crippen molar-refractivity contribution in [3.05, 3.63) is 36.0 Å². The van der Waals surface area contributed by atoms with Gasteiger partial charge < -0.3 is 21.7 Å². The average Bonchev–Trinajstić information content (AvgIpc) is 3.33. The van der Waals surface area contributed by atoms with Crippen LogP contribution in [-0.4, -0.2) is 51.5 Å². The van der Waals surface area contributed by atoms with E-state index in [2.05, 4.69) is 21.3 Å². The predicted molar refractivity (Wildman–Crippen MR) is 122 cm³/mol. The fourth-order valence-corrected chi connectivity index (χ4v) is 5.02. The van der Waals surface area contributed by atoms with Crippen LogP contribution in [-0.2, 0) is 15.6 Å². The van der Waals surface area contributed by atoms with Crippen LogP contribution < -0.4 is 16.8 Å². The van der Waals surface area contributed by atoms with Gasteiger partial charge in [-0.1, -0.05) is 0 Å². The summed E-state index contributed by atoms with van der Waals surface area (Å²) in [5, 5.41) is 12.7. The number of nitrogens with zero attached hydrogens (tertiary/aromatic N) is 3. The smallest absolute Gasteiger partial charge is 0.386 e. The topological polar surface area (TPSA) is 138 Å². The zero-order valence-electron chi connectivity index (χ0n) is 18.4. The van der Waals surface area contributed by atoms with E-state index in [1.54, 1.807) is 0 Å². The molecule has 34 heavy (non-hydrogen) atoms. The normalized spacial score (nSPS) is 25.5. The van der Waals surface area contributed by atoms with Crippen molar-refractivity contribution < 1.29 is 22.2 Å². The molecule has 0 radical (unpaired) electrons. The van der Waals surface area contributed by atoms with Crippen LogP contribution in [0.1, 0.15) is 32.1 Å². The molecule has 3 rings (SSSR count). The van der Waals surface area contributed by atoms with Crippen molar-refractivity contribution in [2.45, 2.75) is 54.6 Å². The van der Waals surface area contributed by atoms with Gasteiger partial charge in [-0.15, -0.1) is 0 Å². The molecular formula is C22H27F3N6O2S. The number of alkyl halides is 3. The van der Waals surface area contributed by atoms with Crippen LogP contribution in [0.3, 0.4) is 0 Å². The second-order valence-corrected chi connectivity index (χ2v) is 9.82. The molecule has 3 unspecified atom stereocenters. The summed E-state index contributed by atoms with van der Waals surface area (Å²) in [4.78, 5) is 18.0. The molecule has 2 aliphatic rings. The van der Waals surface area contributed by atoms with Crippen molar-refractivity contribution in [2.75, 3.05) is 13.1 Å². The highest BCUT2D eigenvalue weighted by atomic mass is 32.2. The summed E-state index contributed by atoms with van der Waals surface area (Å²) >= 11 is 0. The van der Waals surface area contributed by atoms with E-state index in [-0.39, 0.29) is 29.1 Å². The highest BCUT2D eigenvalue weighted by Gasteiger charge is 2.38. The second kappa shape index (κ2) is 11.0. The van der Waals surface area contributed by atoms with Crippen molar-refractivity contribution in [3.63, 3.8) is 0 Å². The fraction of sp³-hybridized carbons (Fsp3) is 0.500. The van der Waals surface area contributed by atoms with Crippen LogP contribution in [0.4, 0.5) is 18.9 Å². The van der Waals surface area contributed by atoms with Crippen molar-refractivity contribution in [1.29, 1.82) is 5.26 Å². The molecule has 1 amide bonds. The summed E-state index contributed by atoms with van der Waals surface area (Å²) in [6, 6.07) is 7.03. The Kier molecular flexibility index (Phi) is 8.33. The number of likely N-dealkylation sites (tertiary alicyclic amines) is 1. The molecule has 1 aliphatic carbocycles. The lowest BCUT2D eigenvalue weighted by Crippen LogP contribution is -2.45. The van der Waals surface area contributed by atoms with Crippen LogP contribution in [0.2, 0.25) is 0 Å². The number of nitrogens with two attached hydrogens (primary N) is 2. The van der Waals surface area contributed by atoms with E-state index in [4.69, 9.17) is 11.5 Å². The van der Waals surface area contributed by atoms with E-state index in [0.29, 0.717) is 6.04 Å². The second-order valence-electron chi connectivity index (χ2n) is 8.35. The van der Waals surface area contributed by atoms with Gasteiger partial charge in [0.25, 0.3) is 5.91 Å². The van der Waals surface area contributed by atoms with Crippen LogP contribution in [0.15, 0.2) is 45.9 Å². The molecule has 0 spiro atoms. The molecule has 1 heterocycles. The lowest BCUT2D eigenvalue weighted by molar-refractivity contribution is -0.114. The number of primary amides is 1. The number of benzene rings is 1. The summed E-state index contributed by atoms with van der Waals surface area (Å²) in [5.41, 5.74) is 6.56. The third kappa shape index (κ3) is 6.36. The van der Waals surface area contributed by atoms with Crippen LogP contribution in [0.5, 0.6) is 0 Å². The van der Waals surface area contributed by atoms with Crippen LogP contribution in [0.25, 0.3) is 0 Å². The lowest BCUT2D eigenvalue weighted by atomic mass is 9.81. The van der Waals surface area contributed by atoms with E-state index in [1.807, 2.05) is 0 Å². The number of rotatable bonds is 7. The standard InChI is InChI=1S/C22H27F3N6O2S/c23-22(24,25)34(33)17-6-3-15(4-7-17)30-20(27)18(21(28)32)13-29-19-8-5-16(11-14(19)12-26)31-9-1-2-10-31/h3-4,6-7,13-14,16,19,29H,1-2,5,8-11H2,(H2,27,30)(H2,28,32)/b18-13+/t14?,16?,19-,34?/m0/s1. The monoisotopic (exact) mass is 496 g/mol. The molecule has 1 aliphatic heterocycles. The van der Waals surface area contributed by atoms with Crippen molar-refractivity contribution in [1.82, 2.24) is 10.2 Å². The van der Waals surface area contributed by atoms with E-state index in [1.165, 1.54) is 31.2 Å². The number of hydrogen-bond acceptors (Lipinski definition) is 6. The zero-order valence-corrected chi connectivity index (χ0v) is 19.2. The number of halogens is 3. The Labute approximate surface area is 198 Å². The first-order chi connectivity index (χ1) is 16.1. The largest absolute Gasteiger partial charge is 0.475 e. The molecule has 5 N–H and O–H groups in total. The maximum atomic E-state index is 12.6. The highest BCUT2D eigenvalue weighted by molar-refractivity contribution is 7.86. The maximum absolute atomic E-state index is 12.6. The summed E-state index contributed by atoms with van der Waals surface area (Å²) in [6.07, 6.45) is 6.13. The van der Waals surface area contributed by atoms with Crippen LogP contribution >= 0.6 is 0 Å². The quantitative estimate of drug-likeness (QED) is 0.301. The Morgan fingerprint density at radius 2 is 1.85 bits per heavy atom. The molecule has 0 aromatic heterocycles. The SMILES string of the molecule is N#CC1CC(N2CCCC2)CC[C@@H]1N/C=C(/C(N)=O)C(N)=Nc1ccc(S(=O)C(F)(F)F)cc1. The summed E-state index contributed by atoms with van der Waals surface area (Å²) in [6.45, 7) is 2.12. The minimum atomic E-state index is -4.87. The lowest BCUT2D eigenvalue weighted by Gasteiger charge is -2.37. The van der Waals surface area contributed by atoms with Gasteiger partial charge in [0.2, 0.25) is 0 Å². The molecule has 1 aromatic rings. The van der Waals surface area contributed by atoms with Crippen molar-refractivity contribution in [2.24, 2.45) is 22.4 Å². The van der Waals surface area contributed by atoms with E-state index >= 15 is 0 Å². The Bertz CT molecular complexity index is 1010. The Morgan fingerprint density at radius 1 is 1.21 bits per heavy atom. The minimum Gasteiger partial charge on any atom is -0.386 e. The Hall–Kier alpha value is -2.91. The zero-order chi connectivity index (χ0) is 24.9. The third-order valence-electron chi connectivity index (χ3n) is 6.14. The highest BCUT2D eigenvalue weighted by Crippen LogP contribution is 2.30. The number of carbonyl (C=O) groups is 1. The molecule has 1 saturated carbocycles. The fourth-order valence-electron chi connectivity index (χ4n) is 4.37. The van der Waals surface area contributed by atoms with E-state index < -0.39 is 27.1 Å². The number of nitriles is 1. The molecule has 2 fully saturated rings. The third-order valence-corrected chi connectivity index (χ3v) is 7.26. The molecule has 1 saturated heterocycles. The maximum Gasteiger partial charge on any atom is 0.475 e. The Balaban J connectivity index is 1.69. The first-order valence-corrected chi connectivity index (χ1v) is 12.1. The van der Waals surface area contributed by atoms with Gasteiger partial charge in [-0.05, 0) is 69.5 Å². The number of aliphatic imine (C=N–C) groups is 1. The first kappa shape index (κ1) is 25.7. The number of amidine groups is 1. The van der Waals surface area contributed by atoms with Crippen molar-refractivity contribution in [3.8, 4) is 6.07 Å².